The van der Waals surface area contributed by atoms with Crippen molar-refractivity contribution in [1.82, 2.24) is 5.32 Å². The fourth-order valence-electron chi connectivity index (χ4n) is 2.07. The average Bonchev–Trinajstić information content (AvgIpc) is 2.49. The number of benzene rings is 1. The molecule has 0 saturated heterocycles. The largest absolute Gasteiger partial charge is 0.496 e. The van der Waals surface area contributed by atoms with Crippen LogP contribution in [0.1, 0.15) is 58.2 Å². The monoisotopic (exact) mass is 293 g/mol. The van der Waals surface area contributed by atoms with Crippen LogP contribution in [-0.2, 0) is 11.3 Å². The van der Waals surface area contributed by atoms with Crippen LogP contribution in [-0.4, -0.2) is 19.8 Å². The lowest BCUT2D eigenvalue weighted by Crippen LogP contribution is -2.19. The van der Waals surface area contributed by atoms with Gasteiger partial charge in [0, 0.05) is 11.6 Å². The first kappa shape index (κ1) is 18.0. The molecule has 2 unspecified atom stereocenters. The summed E-state index contributed by atoms with van der Waals surface area (Å²) in [6.45, 7) is 12.5. The Labute approximate surface area is 130 Å². The number of methoxy groups -OCH3 is 1. The molecule has 0 fully saturated rings. The van der Waals surface area contributed by atoms with Gasteiger partial charge in [0.1, 0.15) is 5.75 Å². The number of rotatable bonds is 9. The maximum Gasteiger partial charge on any atom is 0.124 e. The predicted octanol–water partition coefficient (Wildman–Crippen LogP) is 4.32. The Balaban J connectivity index is 2.80. The summed E-state index contributed by atoms with van der Waals surface area (Å²) in [5, 5.41) is 3.51. The second kappa shape index (κ2) is 9.06. The molecule has 3 heteroatoms. The molecule has 0 spiro atoms. The zero-order valence-corrected chi connectivity index (χ0v) is 14.4. The number of hydrogen-bond acceptors (Lipinski definition) is 3. The first-order chi connectivity index (χ1) is 9.99. The van der Waals surface area contributed by atoms with Crippen LogP contribution in [0.25, 0.3) is 0 Å². The fraction of sp³-hybridized carbons (Fsp3) is 0.667. The maximum absolute atomic E-state index is 5.95. The van der Waals surface area contributed by atoms with Gasteiger partial charge in [-0.2, -0.15) is 0 Å². The zero-order valence-electron chi connectivity index (χ0n) is 14.4. The van der Waals surface area contributed by atoms with Gasteiger partial charge in [-0.15, -0.1) is 0 Å². The smallest absolute Gasteiger partial charge is 0.124 e. The third-order valence-electron chi connectivity index (χ3n) is 3.95. The Bertz CT molecular complexity index is 418. The Morgan fingerprint density at radius 2 is 1.86 bits per heavy atom. The SMILES string of the molecule is CCCNC(C)c1ccc(OC)c(COC(C)C(C)C)c1. The van der Waals surface area contributed by atoms with Gasteiger partial charge in [0.05, 0.1) is 19.8 Å². The van der Waals surface area contributed by atoms with Crippen LogP contribution in [0, 0.1) is 5.92 Å². The first-order valence-corrected chi connectivity index (χ1v) is 8.01. The van der Waals surface area contributed by atoms with Crippen LogP contribution >= 0.6 is 0 Å². The molecule has 0 saturated carbocycles. The summed E-state index contributed by atoms with van der Waals surface area (Å²) in [5.41, 5.74) is 2.40. The lowest BCUT2D eigenvalue weighted by molar-refractivity contribution is 0.0226. The van der Waals surface area contributed by atoms with E-state index >= 15 is 0 Å². The second-order valence-electron chi connectivity index (χ2n) is 6.01. The van der Waals surface area contributed by atoms with Crippen LogP contribution in [0.2, 0.25) is 0 Å². The van der Waals surface area contributed by atoms with Gasteiger partial charge in [0.25, 0.3) is 0 Å². The first-order valence-electron chi connectivity index (χ1n) is 8.01. The lowest BCUT2D eigenvalue weighted by atomic mass is 10.0. The number of nitrogens with one attached hydrogen (secondary N) is 1. The molecule has 0 aromatic heterocycles. The average molecular weight is 293 g/mol. The van der Waals surface area contributed by atoms with Crippen molar-refractivity contribution in [2.75, 3.05) is 13.7 Å². The zero-order chi connectivity index (χ0) is 15.8. The molecule has 0 aliphatic rings. The van der Waals surface area contributed by atoms with E-state index < -0.39 is 0 Å². The van der Waals surface area contributed by atoms with Crippen LogP contribution in [0.5, 0.6) is 5.75 Å². The van der Waals surface area contributed by atoms with Gasteiger partial charge >= 0.3 is 0 Å². The summed E-state index contributed by atoms with van der Waals surface area (Å²) < 4.78 is 11.4. The Morgan fingerprint density at radius 1 is 1.14 bits per heavy atom. The highest BCUT2D eigenvalue weighted by Crippen LogP contribution is 2.25. The van der Waals surface area contributed by atoms with Gasteiger partial charge in [0.15, 0.2) is 0 Å². The molecular formula is C18H31NO2. The minimum Gasteiger partial charge on any atom is -0.496 e. The van der Waals surface area contributed by atoms with Crippen LogP contribution in [0.4, 0.5) is 0 Å². The Kier molecular flexibility index (Phi) is 7.76. The van der Waals surface area contributed by atoms with Crippen molar-refractivity contribution in [3.05, 3.63) is 29.3 Å². The molecule has 0 heterocycles. The van der Waals surface area contributed by atoms with E-state index in [1.165, 1.54) is 5.56 Å². The van der Waals surface area contributed by atoms with E-state index in [1.807, 2.05) is 6.07 Å². The quantitative estimate of drug-likeness (QED) is 0.735. The molecular weight excluding hydrogens is 262 g/mol. The van der Waals surface area contributed by atoms with Crippen LogP contribution in [0.3, 0.4) is 0 Å². The molecule has 1 aromatic carbocycles. The molecule has 21 heavy (non-hydrogen) atoms. The molecule has 0 bridgehead atoms. The van der Waals surface area contributed by atoms with Gasteiger partial charge in [-0.3, -0.25) is 0 Å². The van der Waals surface area contributed by atoms with Crippen molar-refractivity contribution < 1.29 is 9.47 Å². The summed E-state index contributed by atoms with van der Waals surface area (Å²) >= 11 is 0. The van der Waals surface area contributed by atoms with Gasteiger partial charge in [-0.25, -0.2) is 0 Å². The summed E-state index contributed by atoms with van der Waals surface area (Å²) in [6, 6.07) is 6.70. The topological polar surface area (TPSA) is 30.5 Å². The van der Waals surface area contributed by atoms with Crippen LogP contribution in [0.15, 0.2) is 18.2 Å². The highest BCUT2D eigenvalue weighted by molar-refractivity contribution is 5.38. The van der Waals surface area contributed by atoms with Crippen LogP contribution < -0.4 is 10.1 Å². The molecule has 120 valence electrons. The highest BCUT2D eigenvalue weighted by Gasteiger charge is 2.12. The predicted molar refractivity (Wildman–Crippen MR) is 88.8 cm³/mol. The molecule has 1 N–H and O–H groups in total. The van der Waals surface area contributed by atoms with Crippen molar-refractivity contribution in [1.29, 1.82) is 0 Å². The van der Waals surface area contributed by atoms with Crippen molar-refractivity contribution in [2.45, 2.75) is 59.8 Å². The molecule has 0 amide bonds. The van der Waals surface area contributed by atoms with Crippen molar-refractivity contribution in [2.24, 2.45) is 5.92 Å². The molecule has 3 nitrogen and oxygen atoms in total. The Morgan fingerprint density at radius 3 is 2.43 bits per heavy atom. The molecule has 1 rings (SSSR count). The van der Waals surface area contributed by atoms with E-state index in [4.69, 9.17) is 9.47 Å². The van der Waals surface area contributed by atoms with E-state index in [2.05, 4.69) is 52.1 Å². The van der Waals surface area contributed by atoms with Crippen molar-refractivity contribution in [3.63, 3.8) is 0 Å². The normalized spacial score (nSPS) is 14.2. The third-order valence-corrected chi connectivity index (χ3v) is 3.95. The van der Waals surface area contributed by atoms with Gasteiger partial charge < -0.3 is 14.8 Å². The summed E-state index contributed by atoms with van der Waals surface area (Å²) in [5.74, 6) is 1.42. The highest BCUT2D eigenvalue weighted by atomic mass is 16.5. The summed E-state index contributed by atoms with van der Waals surface area (Å²) in [7, 11) is 1.71. The fourth-order valence-corrected chi connectivity index (χ4v) is 2.07. The van der Waals surface area contributed by atoms with Gasteiger partial charge in [-0.1, -0.05) is 26.8 Å². The van der Waals surface area contributed by atoms with E-state index in [0.29, 0.717) is 18.6 Å². The van der Waals surface area contributed by atoms with Gasteiger partial charge in [-0.05, 0) is 50.4 Å². The number of hydrogen-bond donors (Lipinski definition) is 1. The summed E-state index contributed by atoms with van der Waals surface area (Å²) in [6.07, 6.45) is 1.39. The minimum absolute atomic E-state index is 0.244. The van der Waals surface area contributed by atoms with Crippen molar-refractivity contribution in [3.8, 4) is 5.75 Å². The van der Waals surface area contributed by atoms with E-state index in [0.717, 1.165) is 24.3 Å². The minimum atomic E-state index is 0.244. The molecule has 0 aliphatic heterocycles. The van der Waals surface area contributed by atoms with Crippen molar-refractivity contribution >= 4 is 0 Å². The molecule has 1 aromatic rings. The van der Waals surface area contributed by atoms with E-state index in [9.17, 15) is 0 Å². The third kappa shape index (κ3) is 5.68. The standard InChI is InChI=1S/C18H31NO2/c1-7-10-19-14(4)16-8-9-18(20-6)17(11-16)12-21-15(5)13(2)3/h8-9,11,13-15,19H,7,10,12H2,1-6H3. The second-order valence-corrected chi connectivity index (χ2v) is 6.01. The number of ether oxygens (including phenoxy) is 2. The molecule has 2 atom stereocenters. The molecule has 0 radical (unpaired) electrons. The molecule has 0 aliphatic carbocycles. The summed E-state index contributed by atoms with van der Waals surface area (Å²) in [4.78, 5) is 0. The Hall–Kier alpha value is -1.06. The maximum atomic E-state index is 5.95. The van der Waals surface area contributed by atoms with Gasteiger partial charge in [0.2, 0.25) is 0 Å². The van der Waals surface area contributed by atoms with E-state index in [-0.39, 0.29) is 6.10 Å². The lowest BCUT2D eigenvalue weighted by Gasteiger charge is -2.20. The van der Waals surface area contributed by atoms with E-state index in [1.54, 1.807) is 7.11 Å².